The molecule has 3 rings (SSSR count). The molecule has 1 amide bonds. The van der Waals surface area contributed by atoms with E-state index in [9.17, 15) is 9.18 Å². The van der Waals surface area contributed by atoms with E-state index in [-0.39, 0.29) is 17.0 Å². The highest BCUT2D eigenvalue weighted by Gasteiger charge is 2.22. The normalized spacial score (nSPS) is 15.9. The second kappa shape index (κ2) is 11.7. The topological polar surface area (TPSA) is 84.5 Å². The van der Waals surface area contributed by atoms with Gasteiger partial charge in [-0.1, -0.05) is 19.8 Å². The Bertz CT molecular complexity index is 906. The first-order valence-corrected chi connectivity index (χ1v) is 10.8. The number of benzene rings is 1. The lowest BCUT2D eigenvalue weighted by Crippen LogP contribution is -2.37. The molecule has 1 aromatic heterocycles. The third kappa shape index (κ3) is 6.68. The van der Waals surface area contributed by atoms with Crippen molar-refractivity contribution < 1.29 is 18.7 Å². The smallest absolute Gasteiger partial charge is 0.259 e. The van der Waals surface area contributed by atoms with Crippen molar-refractivity contribution in [1.29, 1.82) is 0 Å². The fraction of sp³-hybridized carbons (Fsp3) is 0.409. The summed E-state index contributed by atoms with van der Waals surface area (Å²) in [5, 5.41) is 8.74. The molecule has 1 aromatic carbocycles. The minimum Gasteiger partial charge on any atom is -0.491 e. The molecule has 2 heterocycles. The molecular weight excluding hydrogens is 419 g/mol. The van der Waals surface area contributed by atoms with Crippen LogP contribution >= 0.6 is 12.2 Å². The van der Waals surface area contributed by atoms with E-state index in [1.807, 2.05) is 0 Å². The van der Waals surface area contributed by atoms with Crippen LogP contribution in [0.2, 0.25) is 0 Å². The van der Waals surface area contributed by atoms with E-state index < -0.39 is 11.7 Å². The lowest BCUT2D eigenvalue weighted by Gasteiger charge is -2.25. The Morgan fingerprint density at radius 2 is 2.26 bits per heavy atom. The molecule has 9 heteroatoms. The summed E-state index contributed by atoms with van der Waals surface area (Å²) in [5.41, 5.74) is 1.52. The highest BCUT2D eigenvalue weighted by Crippen LogP contribution is 2.23. The Kier molecular flexibility index (Phi) is 8.69. The number of nitrogens with one attached hydrogen (secondary N) is 3. The molecule has 0 spiro atoms. The molecule has 1 fully saturated rings. The maximum absolute atomic E-state index is 14.3. The first-order valence-electron chi connectivity index (χ1n) is 10.4. The predicted octanol–water partition coefficient (Wildman–Crippen LogP) is 3.58. The average molecular weight is 447 g/mol. The number of carbonyl (C=O) groups is 1. The molecule has 7 nitrogen and oxygen atoms in total. The van der Waals surface area contributed by atoms with Crippen LogP contribution in [0.1, 0.15) is 48.2 Å². The minimum absolute atomic E-state index is 0.0542. The van der Waals surface area contributed by atoms with Gasteiger partial charge in [-0.05, 0) is 42.4 Å². The summed E-state index contributed by atoms with van der Waals surface area (Å²) in [6, 6.07) is 6.23. The van der Waals surface area contributed by atoms with Gasteiger partial charge in [0.15, 0.2) is 16.7 Å². The van der Waals surface area contributed by atoms with Crippen LogP contribution in [0.15, 0.2) is 36.7 Å². The number of aromatic nitrogens is 1. The van der Waals surface area contributed by atoms with Gasteiger partial charge in [0, 0.05) is 37.2 Å². The molecule has 0 radical (unpaired) electrons. The number of pyridine rings is 1. The van der Waals surface area contributed by atoms with Crippen molar-refractivity contribution in [1.82, 2.24) is 15.6 Å². The van der Waals surface area contributed by atoms with Gasteiger partial charge >= 0.3 is 0 Å². The van der Waals surface area contributed by atoms with E-state index in [0.29, 0.717) is 31.0 Å². The van der Waals surface area contributed by atoms with Gasteiger partial charge in [-0.3, -0.25) is 15.1 Å². The number of unbranched alkanes of at least 4 members (excludes halogenated alkanes) is 2. The summed E-state index contributed by atoms with van der Waals surface area (Å²) in [7, 11) is 0. The number of hydrogen-bond donors (Lipinski definition) is 3. The van der Waals surface area contributed by atoms with Gasteiger partial charge in [-0.15, -0.1) is 0 Å². The number of rotatable bonds is 8. The molecule has 166 valence electrons. The fourth-order valence-electron chi connectivity index (χ4n) is 3.20. The standard InChI is InChI=1S/C22H27FN4O3S/c1-2-3-4-10-29-19-6-5-15(12-18(19)23)26-22(31)27-21(28)17-13-24-8-7-16(17)20-14-25-9-11-30-20/h5-8,12-13,20,25H,2-4,9-11,14H2,1H3,(H2,26,27,28,31). The Hall–Kier alpha value is -2.62. The van der Waals surface area contributed by atoms with Crippen LogP contribution < -0.4 is 20.7 Å². The molecule has 31 heavy (non-hydrogen) atoms. The molecule has 3 N–H and O–H groups in total. The maximum atomic E-state index is 14.3. The van der Waals surface area contributed by atoms with Gasteiger partial charge < -0.3 is 20.1 Å². The van der Waals surface area contributed by atoms with Gasteiger partial charge in [0.05, 0.1) is 24.9 Å². The molecule has 1 atom stereocenters. The van der Waals surface area contributed by atoms with Crippen molar-refractivity contribution in [3.63, 3.8) is 0 Å². The number of ether oxygens (including phenoxy) is 2. The van der Waals surface area contributed by atoms with Crippen LogP contribution in [-0.4, -0.2) is 42.3 Å². The molecule has 1 unspecified atom stereocenters. The Morgan fingerprint density at radius 3 is 3.00 bits per heavy atom. The quantitative estimate of drug-likeness (QED) is 0.422. The maximum Gasteiger partial charge on any atom is 0.259 e. The lowest BCUT2D eigenvalue weighted by molar-refractivity contribution is 0.0270. The van der Waals surface area contributed by atoms with Crippen LogP contribution in [0.3, 0.4) is 0 Å². The summed E-state index contributed by atoms with van der Waals surface area (Å²) in [6.45, 7) is 4.52. The number of amides is 1. The van der Waals surface area contributed by atoms with Crippen molar-refractivity contribution in [3.05, 3.63) is 53.6 Å². The molecule has 2 aromatic rings. The first-order chi connectivity index (χ1) is 15.1. The van der Waals surface area contributed by atoms with E-state index in [0.717, 1.165) is 31.4 Å². The fourth-order valence-corrected chi connectivity index (χ4v) is 3.41. The number of morpholine rings is 1. The summed E-state index contributed by atoms with van der Waals surface area (Å²) < 4.78 is 25.5. The molecular formula is C22H27FN4O3S. The number of anilines is 1. The van der Waals surface area contributed by atoms with E-state index in [1.54, 1.807) is 24.4 Å². The molecule has 0 aliphatic carbocycles. The van der Waals surface area contributed by atoms with Gasteiger partial charge in [0.25, 0.3) is 5.91 Å². The highest BCUT2D eigenvalue weighted by atomic mass is 32.1. The molecule has 1 saturated heterocycles. The van der Waals surface area contributed by atoms with Crippen LogP contribution in [0.5, 0.6) is 5.75 Å². The summed E-state index contributed by atoms with van der Waals surface area (Å²) in [4.78, 5) is 16.8. The third-order valence-electron chi connectivity index (χ3n) is 4.80. The zero-order chi connectivity index (χ0) is 22.1. The number of halogens is 1. The van der Waals surface area contributed by atoms with Crippen LogP contribution in [0, 0.1) is 5.82 Å². The van der Waals surface area contributed by atoms with Crippen molar-refractivity contribution in [2.45, 2.75) is 32.3 Å². The minimum atomic E-state index is -0.493. The average Bonchev–Trinajstić information content (AvgIpc) is 2.78. The second-order valence-electron chi connectivity index (χ2n) is 7.14. The molecule has 1 aliphatic rings. The van der Waals surface area contributed by atoms with Crippen molar-refractivity contribution in [2.75, 3.05) is 31.6 Å². The summed E-state index contributed by atoms with van der Waals surface area (Å²) >= 11 is 5.23. The Balaban J connectivity index is 1.58. The first kappa shape index (κ1) is 23.1. The van der Waals surface area contributed by atoms with E-state index in [4.69, 9.17) is 21.7 Å². The van der Waals surface area contributed by atoms with Gasteiger partial charge in [0.1, 0.15) is 0 Å². The lowest BCUT2D eigenvalue weighted by atomic mass is 10.0. The van der Waals surface area contributed by atoms with Crippen LogP contribution in [-0.2, 0) is 4.74 Å². The van der Waals surface area contributed by atoms with Gasteiger partial charge in [-0.2, -0.15) is 0 Å². The Morgan fingerprint density at radius 1 is 1.39 bits per heavy atom. The third-order valence-corrected chi connectivity index (χ3v) is 5.00. The number of thiocarbonyl (C=S) groups is 1. The van der Waals surface area contributed by atoms with Crippen molar-refractivity contribution in [3.8, 4) is 5.75 Å². The largest absolute Gasteiger partial charge is 0.491 e. The summed E-state index contributed by atoms with van der Waals surface area (Å²) in [6.07, 6.45) is 5.85. The highest BCUT2D eigenvalue weighted by molar-refractivity contribution is 7.80. The van der Waals surface area contributed by atoms with E-state index in [2.05, 4.69) is 27.9 Å². The van der Waals surface area contributed by atoms with Crippen LogP contribution in [0.4, 0.5) is 10.1 Å². The number of nitrogens with zero attached hydrogens (tertiary/aromatic N) is 1. The Labute approximate surface area is 186 Å². The SMILES string of the molecule is CCCCCOc1ccc(NC(=S)NC(=O)c2cnccc2C2CNCCO2)cc1F. The zero-order valence-electron chi connectivity index (χ0n) is 17.4. The van der Waals surface area contributed by atoms with Crippen molar-refractivity contribution in [2.24, 2.45) is 0 Å². The van der Waals surface area contributed by atoms with Gasteiger partial charge in [-0.25, -0.2) is 4.39 Å². The van der Waals surface area contributed by atoms with Crippen LogP contribution in [0.25, 0.3) is 0 Å². The van der Waals surface area contributed by atoms with Gasteiger partial charge in [0.2, 0.25) is 0 Å². The number of carbonyl (C=O) groups excluding carboxylic acids is 1. The van der Waals surface area contributed by atoms with E-state index >= 15 is 0 Å². The summed E-state index contributed by atoms with van der Waals surface area (Å²) in [5.74, 6) is -0.712. The predicted molar refractivity (Wildman–Crippen MR) is 121 cm³/mol. The number of hydrogen-bond acceptors (Lipinski definition) is 6. The van der Waals surface area contributed by atoms with Crippen molar-refractivity contribution >= 4 is 28.9 Å². The second-order valence-corrected chi connectivity index (χ2v) is 7.54. The molecule has 0 saturated carbocycles. The van der Waals surface area contributed by atoms with E-state index in [1.165, 1.54) is 12.3 Å². The molecule has 0 bridgehead atoms. The molecule has 1 aliphatic heterocycles. The monoisotopic (exact) mass is 446 g/mol. The zero-order valence-corrected chi connectivity index (χ0v) is 18.3.